The fourth-order valence-corrected chi connectivity index (χ4v) is 3.04. The van der Waals surface area contributed by atoms with Crippen LogP contribution in [0.5, 0.6) is 0 Å². The summed E-state index contributed by atoms with van der Waals surface area (Å²) in [6.45, 7) is 8.20. The molecule has 0 unspecified atom stereocenters. The molecule has 1 aliphatic heterocycles. The number of ether oxygens (including phenoxy) is 1. The van der Waals surface area contributed by atoms with Crippen LogP contribution in [0.1, 0.15) is 26.6 Å². The van der Waals surface area contributed by atoms with Gasteiger partial charge in [-0.1, -0.05) is 12.1 Å². The van der Waals surface area contributed by atoms with E-state index in [-0.39, 0.29) is 11.9 Å². The molecular formula is C18H24N4O2. The van der Waals surface area contributed by atoms with Crippen molar-refractivity contribution in [1.82, 2.24) is 14.5 Å². The summed E-state index contributed by atoms with van der Waals surface area (Å²) in [5.74, 6) is 1.17. The second kappa shape index (κ2) is 6.65. The first-order valence-corrected chi connectivity index (χ1v) is 8.36. The summed E-state index contributed by atoms with van der Waals surface area (Å²) in [5.41, 5.74) is 2.42. The number of aliphatic hydroxyl groups is 1. The Morgan fingerprint density at radius 3 is 2.79 bits per heavy atom. The smallest absolute Gasteiger partial charge is 0.148 e. The van der Waals surface area contributed by atoms with Crippen LogP contribution >= 0.6 is 0 Å². The first-order valence-electron chi connectivity index (χ1n) is 8.36. The first-order chi connectivity index (χ1) is 11.5. The molecule has 6 nitrogen and oxygen atoms in total. The second-order valence-electron chi connectivity index (χ2n) is 6.18. The second-order valence-corrected chi connectivity index (χ2v) is 6.18. The number of rotatable bonds is 6. The number of para-hydroxylation sites is 2. The van der Waals surface area contributed by atoms with E-state index in [4.69, 9.17) is 10.1 Å². The minimum atomic E-state index is 0.159. The fraction of sp³-hybridized carbons (Fsp3) is 0.444. The quantitative estimate of drug-likeness (QED) is 0.855. The minimum absolute atomic E-state index is 0.159. The molecule has 1 aromatic carbocycles. The average Bonchev–Trinajstić information content (AvgIpc) is 3.04. The molecule has 3 rings (SSSR count). The van der Waals surface area contributed by atoms with Crippen molar-refractivity contribution in [2.75, 3.05) is 19.7 Å². The Bertz CT molecular complexity index is 791. The molecule has 1 aromatic heterocycles. The summed E-state index contributed by atoms with van der Waals surface area (Å²) in [6, 6.07) is 7.89. The maximum absolute atomic E-state index is 10.4. The SMILES string of the molecule is CCn1c(C2=C(O)CN(CCOC(C)C)C2=N)nc2ccccc21. The third kappa shape index (κ3) is 2.89. The van der Waals surface area contributed by atoms with Crippen LogP contribution in [0.4, 0.5) is 0 Å². The van der Waals surface area contributed by atoms with Crippen LogP contribution in [0.2, 0.25) is 0 Å². The van der Waals surface area contributed by atoms with Gasteiger partial charge in [0.1, 0.15) is 17.4 Å². The normalized spacial score (nSPS) is 15.3. The van der Waals surface area contributed by atoms with Crippen molar-refractivity contribution in [3.8, 4) is 0 Å². The molecule has 0 atom stereocenters. The highest BCUT2D eigenvalue weighted by atomic mass is 16.5. The number of nitrogens with zero attached hydrogens (tertiary/aromatic N) is 3. The first kappa shape index (κ1) is 16.5. The van der Waals surface area contributed by atoms with Gasteiger partial charge in [0.05, 0.1) is 35.9 Å². The maximum atomic E-state index is 10.4. The molecule has 6 heteroatoms. The van der Waals surface area contributed by atoms with E-state index in [1.165, 1.54) is 0 Å². The zero-order chi connectivity index (χ0) is 17.3. The highest BCUT2D eigenvalue weighted by Crippen LogP contribution is 2.29. The number of aromatic nitrogens is 2. The van der Waals surface area contributed by atoms with Crippen LogP contribution in [0.25, 0.3) is 16.6 Å². The van der Waals surface area contributed by atoms with Gasteiger partial charge in [-0.15, -0.1) is 0 Å². The highest BCUT2D eigenvalue weighted by Gasteiger charge is 2.31. The minimum Gasteiger partial charge on any atom is -0.510 e. The Labute approximate surface area is 141 Å². The van der Waals surface area contributed by atoms with Crippen molar-refractivity contribution >= 4 is 22.4 Å². The standard InChI is InChI=1S/C18H24N4O2/c1-4-22-14-8-6-5-7-13(14)20-18(22)16-15(23)11-21(17(16)19)9-10-24-12(2)3/h5-8,12,19,23H,4,9-11H2,1-3H3. The third-order valence-electron chi connectivity index (χ3n) is 4.19. The van der Waals surface area contributed by atoms with Crippen LogP contribution in [-0.4, -0.2) is 51.2 Å². The lowest BCUT2D eigenvalue weighted by molar-refractivity contribution is 0.0705. The van der Waals surface area contributed by atoms with E-state index in [0.29, 0.717) is 36.9 Å². The van der Waals surface area contributed by atoms with Gasteiger partial charge < -0.3 is 19.3 Å². The largest absolute Gasteiger partial charge is 0.510 e. The summed E-state index contributed by atoms with van der Waals surface area (Å²) in [7, 11) is 0. The van der Waals surface area contributed by atoms with Gasteiger partial charge in [0.2, 0.25) is 0 Å². The van der Waals surface area contributed by atoms with E-state index in [0.717, 1.165) is 17.6 Å². The summed E-state index contributed by atoms with van der Waals surface area (Å²) >= 11 is 0. The lowest BCUT2D eigenvalue weighted by Gasteiger charge is -2.19. The van der Waals surface area contributed by atoms with Gasteiger partial charge in [0.15, 0.2) is 0 Å². The number of fused-ring (bicyclic) bond motifs is 1. The predicted octanol–water partition coefficient (Wildman–Crippen LogP) is 3.04. The van der Waals surface area contributed by atoms with Crippen molar-refractivity contribution in [3.63, 3.8) is 0 Å². The van der Waals surface area contributed by atoms with Crippen LogP contribution < -0.4 is 0 Å². The van der Waals surface area contributed by atoms with Crippen LogP contribution in [0, 0.1) is 5.41 Å². The number of amidine groups is 1. The van der Waals surface area contributed by atoms with Crippen molar-refractivity contribution in [3.05, 3.63) is 35.8 Å². The number of imidazole rings is 1. The Kier molecular flexibility index (Phi) is 4.57. The highest BCUT2D eigenvalue weighted by molar-refractivity contribution is 6.23. The van der Waals surface area contributed by atoms with Gasteiger partial charge in [-0.25, -0.2) is 4.98 Å². The fourth-order valence-electron chi connectivity index (χ4n) is 3.04. The molecule has 128 valence electrons. The number of benzene rings is 1. The summed E-state index contributed by atoms with van der Waals surface area (Å²) in [6.07, 6.45) is 0.159. The lowest BCUT2D eigenvalue weighted by atomic mass is 10.2. The van der Waals surface area contributed by atoms with Crippen molar-refractivity contribution in [2.24, 2.45) is 0 Å². The molecule has 0 bridgehead atoms. The summed E-state index contributed by atoms with van der Waals surface area (Å²) in [4.78, 5) is 6.48. The van der Waals surface area contributed by atoms with Gasteiger partial charge in [0, 0.05) is 13.1 Å². The monoisotopic (exact) mass is 328 g/mol. The zero-order valence-corrected chi connectivity index (χ0v) is 14.4. The van der Waals surface area contributed by atoms with Gasteiger partial charge >= 0.3 is 0 Å². The molecule has 0 radical (unpaired) electrons. The topological polar surface area (TPSA) is 74.4 Å². The molecule has 2 heterocycles. The molecular weight excluding hydrogens is 304 g/mol. The van der Waals surface area contributed by atoms with E-state index in [1.54, 1.807) is 0 Å². The molecule has 2 aromatic rings. The van der Waals surface area contributed by atoms with Crippen LogP contribution in [0.15, 0.2) is 30.0 Å². The van der Waals surface area contributed by atoms with E-state index in [9.17, 15) is 5.11 Å². The van der Waals surface area contributed by atoms with Crippen LogP contribution in [0.3, 0.4) is 0 Å². The molecule has 0 fully saturated rings. The molecule has 0 saturated heterocycles. The number of aliphatic hydroxyl groups excluding tert-OH is 1. The zero-order valence-electron chi connectivity index (χ0n) is 14.4. The van der Waals surface area contributed by atoms with Crippen LogP contribution in [-0.2, 0) is 11.3 Å². The molecule has 0 spiro atoms. The third-order valence-corrected chi connectivity index (χ3v) is 4.19. The van der Waals surface area contributed by atoms with Gasteiger partial charge in [-0.2, -0.15) is 0 Å². The maximum Gasteiger partial charge on any atom is 0.148 e. The molecule has 1 aliphatic rings. The Balaban J connectivity index is 1.89. The summed E-state index contributed by atoms with van der Waals surface area (Å²) in [5, 5.41) is 18.9. The summed E-state index contributed by atoms with van der Waals surface area (Å²) < 4.78 is 7.61. The van der Waals surface area contributed by atoms with E-state index < -0.39 is 0 Å². The molecule has 0 amide bonds. The van der Waals surface area contributed by atoms with Crippen molar-refractivity contribution < 1.29 is 9.84 Å². The molecule has 2 N–H and O–H groups in total. The van der Waals surface area contributed by atoms with Gasteiger partial charge in [0.25, 0.3) is 0 Å². The Hall–Kier alpha value is -2.34. The van der Waals surface area contributed by atoms with E-state index in [2.05, 4.69) is 4.98 Å². The molecule has 24 heavy (non-hydrogen) atoms. The predicted molar refractivity (Wildman–Crippen MR) is 95.3 cm³/mol. The van der Waals surface area contributed by atoms with E-state index >= 15 is 0 Å². The molecule has 0 aliphatic carbocycles. The van der Waals surface area contributed by atoms with Gasteiger partial charge in [-0.05, 0) is 32.9 Å². The van der Waals surface area contributed by atoms with E-state index in [1.807, 2.05) is 54.5 Å². The Morgan fingerprint density at radius 1 is 1.33 bits per heavy atom. The molecule has 0 saturated carbocycles. The number of nitrogens with one attached hydrogen (secondary N) is 1. The van der Waals surface area contributed by atoms with Gasteiger partial charge in [-0.3, -0.25) is 5.41 Å². The van der Waals surface area contributed by atoms with Crippen molar-refractivity contribution in [1.29, 1.82) is 5.41 Å². The van der Waals surface area contributed by atoms with Crippen molar-refractivity contribution in [2.45, 2.75) is 33.4 Å². The Morgan fingerprint density at radius 2 is 2.08 bits per heavy atom. The number of aryl methyl sites for hydroxylation is 1. The lowest BCUT2D eigenvalue weighted by Crippen LogP contribution is -2.31. The number of hydrogen-bond acceptors (Lipinski definition) is 4. The number of hydrogen-bond donors (Lipinski definition) is 2. The average molecular weight is 328 g/mol.